The molecule has 0 radical (unpaired) electrons. The molecule has 1 aliphatic rings. The molecular weight excluding hydrogens is 278 g/mol. The van der Waals surface area contributed by atoms with Crippen molar-refractivity contribution in [3.05, 3.63) is 0 Å². The van der Waals surface area contributed by atoms with E-state index in [4.69, 9.17) is 15.9 Å². The molecule has 1 atom stereocenters. The summed E-state index contributed by atoms with van der Waals surface area (Å²) in [5, 5.41) is 20.4. The Kier molecular flexibility index (Phi) is 6.93. The number of aliphatic hydroxyl groups is 1. The van der Waals surface area contributed by atoms with Crippen LogP contribution in [0, 0.1) is 0 Å². The highest BCUT2D eigenvalue weighted by Crippen LogP contribution is 2.22. The summed E-state index contributed by atoms with van der Waals surface area (Å²) in [5.41, 5.74) is 4.98. The van der Waals surface area contributed by atoms with Gasteiger partial charge in [-0.3, -0.25) is 4.79 Å². The molecule has 1 aliphatic carbocycles. The summed E-state index contributed by atoms with van der Waals surface area (Å²) in [4.78, 5) is 35.6. The fourth-order valence-electron chi connectivity index (χ4n) is 2.58. The average molecular weight is 301 g/mol. The molecule has 21 heavy (non-hydrogen) atoms. The number of hydrogen-bond donors (Lipinski definition) is 4. The number of carboxylic acids is 1. The number of urea groups is 1. The second-order valence-electron chi connectivity index (χ2n) is 5.22. The number of carboxylic acid groups (broad SMARTS) is 1. The Morgan fingerprint density at radius 3 is 2.33 bits per heavy atom. The number of nitrogens with two attached hydrogens (primary N) is 1. The maximum absolute atomic E-state index is 12.2. The average Bonchev–Trinajstić information content (AvgIpc) is 2.44. The van der Waals surface area contributed by atoms with Gasteiger partial charge in [0.1, 0.15) is 6.04 Å². The molecule has 0 spiro atoms. The van der Waals surface area contributed by atoms with Crippen LogP contribution in [0.25, 0.3) is 0 Å². The molecule has 3 amide bonds. The lowest BCUT2D eigenvalue weighted by Gasteiger charge is -2.34. The number of carbonyl (C=O) groups is 3. The summed E-state index contributed by atoms with van der Waals surface area (Å²) in [7, 11) is 0. The number of primary amides is 1. The van der Waals surface area contributed by atoms with Gasteiger partial charge >= 0.3 is 12.0 Å². The highest BCUT2D eigenvalue weighted by Gasteiger charge is 2.29. The van der Waals surface area contributed by atoms with Crippen LogP contribution in [0.2, 0.25) is 0 Å². The Morgan fingerprint density at radius 2 is 1.86 bits per heavy atom. The van der Waals surface area contributed by atoms with Crippen molar-refractivity contribution in [2.75, 3.05) is 13.2 Å². The quantitative estimate of drug-likeness (QED) is 0.510. The third kappa shape index (κ3) is 5.58. The van der Waals surface area contributed by atoms with Gasteiger partial charge in [0.05, 0.1) is 13.0 Å². The third-order valence-corrected chi connectivity index (χ3v) is 3.62. The number of hydrogen-bond acceptors (Lipinski definition) is 4. The van der Waals surface area contributed by atoms with Gasteiger partial charge in [-0.2, -0.15) is 0 Å². The van der Waals surface area contributed by atoms with E-state index < -0.39 is 30.4 Å². The van der Waals surface area contributed by atoms with Gasteiger partial charge in [0.15, 0.2) is 0 Å². The molecule has 1 saturated carbocycles. The fourth-order valence-corrected chi connectivity index (χ4v) is 2.58. The van der Waals surface area contributed by atoms with Crippen molar-refractivity contribution in [1.29, 1.82) is 0 Å². The predicted molar refractivity (Wildman–Crippen MR) is 74.4 cm³/mol. The van der Waals surface area contributed by atoms with E-state index >= 15 is 0 Å². The van der Waals surface area contributed by atoms with Gasteiger partial charge in [0, 0.05) is 12.6 Å². The lowest BCUT2D eigenvalue weighted by Crippen LogP contribution is -2.53. The van der Waals surface area contributed by atoms with Crippen molar-refractivity contribution in [1.82, 2.24) is 10.2 Å². The lowest BCUT2D eigenvalue weighted by molar-refractivity contribution is -0.141. The van der Waals surface area contributed by atoms with Crippen LogP contribution in [0.3, 0.4) is 0 Å². The summed E-state index contributed by atoms with van der Waals surface area (Å²) < 4.78 is 0. The topological polar surface area (TPSA) is 133 Å². The molecule has 5 N–H and O–H groups in total. The van der Waals surface area contributed by atoms with Crippen LogP contribution in [0.1, 0.15) is 38.5 Å². The van der Waals surface area contributed by atoms with E-state index in [-0.39, 0.29) is 19.2 Å². The van der Waals surface area contributed by atoms with Crippen LogP contribution in [0.5, 0.6) is 0 Å². The van der Waals surface area contributed by atoms with Gasteiger partial charge in [-0.05, 0) is 12.8 Å². The number of amides is 3. The number of aliphatic carboxylic acids is 1. The zero-order valence-electron chi connectivity index (χ0n) is 12.0. The largest absolute Gasteiger partial charge is 0.480 e. The van der Waals surface area contributed by atoms with Crippen LogP contribution < -0.4 is 11.1 Å². The van der Waals surface area contributed by atoms with Crippen LogP contribution >= 0.6 is 0 Å². The Balaban J connectivity index is 2.69. The molecule has 0 aliphatic heterocycles. The standard InChI is InChI=1S/C13H23N3O5/c14-11(18)8-10(12(19)20)15-13(21)16(6-7-17)9-4-2-1-3-5-9/h9-10,17H,1-8H2,(H2,14,18)(H,15,21)(H,19,20)/t10-/m1/s1. The van der Waals surface area contributed by atoms with E-state index in [0.717, 1.165) is 32.1 Å². The SMILES string of the molecule is NC(=O)C[C@@H](NC(=O)N(CCO)C1CCCCC1)C(=O)O. The van der Waals surface area contributed by atoms with E-state index in [0.29, 0.717) is 0 Å². The second-order valence-corrected chi connectivity index (χ2v) is 5.22. The maximum atomic E-state index is 12.2. The van der Waals surface area contributed by atoms with Gasteiger partial charge in [-0.15, -0.1) is 0 Å². The van der Waals surface area contributed by atoms with Crippen molar-refractivity contribution in [3.63, 3.8) is 0 Å². The van der Waals surface area contributed by atoms with Gasteiger partial charge in [0.2, 0.25) is 5.91 Å². The monoisotopic (exact) mass is 301 g/mol. The molecule has 120 valence electrons. The molecule has 0 bridgehead atoms. The zero-order valence-corrected chi connectivity index (χ0v) is 12.0. The van der Waals surface area contributed by atoms with E-state index in [1.807, 2.05) is 0 Å². The molecule has 1 fully saturated rings. The van der Waals surface area contributed by atoms with Crippen LogP contribution in [-0.4, -0.2) is 58.3 Å². The van der Waals surface area contributed by atoms with Gasteiger partial charge < -0.3 is 26.2 Å². The van der Waals surface area contributed by atoms with Crippen molar-refractivity contribution in [2.45, 2.75) is 50.6 Å². The zero-order chi connectivity index (χ0) is 15.8. The molecule has 8 heteroatoms. The van der Waals surface area contributed by atoms with Gasteiger partial charge in [-0.1, -0.05) is 19.3 Å². The molecule has 0 unspecified atom stereocenters. The first-order valence-electron chi connectivity index (χ1n) is 7.14. The molecule has 8 nitrogen and oxygen atoms in total. The van der Waals surface area contributed by atoms with Crippen LogP contribution in [0.4, 0.5) is 4.79 Å². The molecule has 1 rings (SSSR count). The van der Waals surface area contributed by atoms with Crippen molar-refractivity contribution in [2.24, 2.45) is 5.73 Å². The first-order valence-corrected chi connectivity index (χ1v) is 7.14. The fraction of sp³-hybridized carbons (Fsp3) is 0.769. The summed E-state index contributed by atoms with van der Waals surface area (Å²) in [6.07, 6.45) is 4.33. The molecular formula is C13H23N3O5. The minimum absolute atomic E-state index is 0.00563. The predicted octanol–water partition coefficient (Wildman–Crippen LogP) is -0.348. The van der Waals surface area contributed by atoms with E-state index in [1.165, 1.54) is 4.90 Å². The smallest absolute Gasteiger partial charge is 0.326 e. The molecule has 0 saturated heterocycles. The van der Waals surface area contributed by atoms with E-state index in [9.17, 15) is 14.4 Å². The summed E-state index contributed by atoms with van der Waals surface area (Å²) in [5.74, 6) is -2.11. The van der Waals surface area contributed by atoms with Gasteiger partial charge in [-0.25, -0.2) is 9.59 Å². The third-order valence-electron chi connectivity index (χ3n) is 3.62. The second kappa shape index (κ2) is 8.46. The highest BCUT2D eigenvalue weighted by molar-refractivity contribution is 5.87. The lowest BCUT2D eigenvalue weighted by atomic mass is 9.94. The number of carbonyl (C=O) groups excluding carboxylic acids is 2. The Labute approximate surface area is 123 Å². The normalized spacial score (nSPS) is 17.0. The van der Waals surface area contributed by atoms with Crippen LogP contribution in [-0.2, 0) is 9.59 Å². The Hall–Kier alpha value is -1.83. The molecule has 0 aromatic rings. The minimum atomic E-state index is -1.35. The Morgan fingerprint density at radius 1 is 1.24 bits per heavy atom. The van der Waals surface area contributed by atoms with Crippen molar-refractivity contribution >= 4 is 17.9 Å². The summed E-state index contributed by atoms with van der Waals surface area (Å²) >= 11 is 0. The number of rotatable bonds is 7. The first kappa shape index (κ1) is 17.2. The molecule has 0 aromatic heterocycles. The van der Waals surface area contributed by atoms with Gasteiger partial charge in [0.25, 0.3) is 0 Å². The first-order chi connectivity index (χ1) is 9.95. The number of nitrogens with zero attached hydrogens (tertiary/aromatic N) is 1. The molecule has 0 aromatic carbocycles. The number of aliphatic hydroxyl groups excluding tert-OH is 1. The maximum Gasteiger partial charge on any atom is 0.326 e. The van der Waals surface area contributed by atoms with E-state index in [2.05, 4.69) is 5.32 Å². The Bertz CT molecular complexity index is 382. The summed E-state index contributed by atoms with van der Waals surface area (Å²) in [6.45, 7) is -0.0586. The van der Waals surface area contributed by atoms with Crippen molar-refractivity contribution < 1.29 is 24.6 Å². The van der Waals surface area contributed by atoms with Crippen LogP contribution in [0.15, 0.2) is 0 Å². The summed E-state index contributed by atoms with van der Waals surface area (Å²) in [6, 6.07) is -1.93. The highest BCUT2D eigenvalue weighted by atomic mass is 16.4. The minimum Gasteiger partial charge on any atom is -0.480 e. The number of nitrogens with one attached hydrogen (secondary N) is 1. The van der Waals surface area contributed by atoms with Crippen molar-refractivity contribution in [3.8, 4) is 0 Å². The van der Waals surface area contributed by atoms with E-state index in [1.54, 1.807) is 0 Å². The molecule has 0 heterocycles.